The van der Waals surface area contributed by atoms with Crippen LogP contribution in [0.4, 0.5) is 5.69 Å². The fourth-order valence-electron chi connectivity index (χ4n) is 3.71. The molecule has 1 atom stereocenters. The summed E-state index contributed by atoms with van der Waals surface area (Å²) in [5.41, 5.74) is 3.14. The summed E-state index contributed by atoms with van der Waals surface area (Å²) < 4.78 is 27.4. The second-order valence-electron chi connectivity index (χ2n) is 9.21. The molecule has 0 unspecified atom stereocenters. The fourth-order valence-corrected chi connectivity index (χ4v) is 4.80. The minimum Gasteiger partial charge on any atom is -0.354 e. The molecular weight excluding hydrogens is 530 g/mol. The number of nitrogens with zero attached hydrogens (tertiary/aromatic N) is 2. The van der Waals surface area contributed by atoms with Gasteiger partial charge in [-0.2, -0.15) is 0 Å². The number of nitrogens with one attached hydrogen (secondary N) is 1. The van der Waals surface area contributed by atoms with Gasteiger partial charge in [-0.25, -0.2) is 8.42 Å². The van der Waals surface area contributed by atoms with Crippen molar-refractivity contribution >= 4 is 43.5 Å². The molecule has 0 bridgehead atoms. The van der Waals surface area contributed by atoms with Gasteiger partial charge in [0.15, 0.2) is 0 Å². The van der Waals surface area contributed by atoms with Gasteiger partial charge in [0.2, 0.25) is 21.8 Å². The number of aryl methyl sites for hydroxylation is 2. The standard InChI is InChI=1S/C26H36BrN3O4S/c1-7-24(26(32)28-15-18(2)3)29(16-21-11-9-8-10-19(21)4)25(31)17-30(35(6,33)34)22-12-13-23(27)20(5)14-22/h8-14,18,24H,7,15-17H2,1-6H3,(H,28,32)/t24-/m1/s1. The van der Waals surface area contributed by atoms with Gasteiger partial charge in [-0.3, -0.25) is 13.9 Å². The van der Waals surface area contributed by atoms with Crippen molar-refractivity contribution in [3.63, 3.8) is 0 Å². The van der Waals surface area contributed by atoms with Crippen LogP contribution < -0.4 is 9.62 Å². The predicted molar refractivity (Wildman–Crippen MR) is 145 cm³/mol. The van der Waals surface area contributed by atoms with E-state index in [1.54, 1.807) is 18.2 Å². The lowest BCUT2D eigenvalue weighted by atomic mass is 10.1. The number of carbonyl (C=O) groups excluding carboxylic acids is 2. The molecule has 192 valence electrons. The number of benzene rings is 2. The van der Waals surface area contributed by atoms with Crippen molar-refractivity contribution in [3.05, 3.63) is 63.6 Å². The zero-order valence-corrected chi connectivity index (χ0v) is 23.7. The summed E-state index contributed by atoms with van der Waals surface area (Å²) >= 11 is 3.43. The smallest absolute Gasteiger partial charge is 0.244 e. The van der Waals surface area contributed by atoms with E-state index >= 15 is 0 Å². The Labute approximate surface area is 218 Å². The topological polar surface area (TPSA) is 86.8 Å². The first-order valence-electron chi connectivity index (χ1n) is 11.7. The van der Waals surface area contributed by atoms with E-state index in [0.717, 1.165) is 31.7 Å². The molecule has 2 aromatic carbocycles. The second kappa shape index (κ2) is 12.5. The molecule has 2 aromatic rings. The molecule has 0 aromatic heterocycles. The minimum atomic E-state index is -3.76. The van der Waals surface area contributed by atoms with Crippen molar-refractivity contribution in [2.75, 3.05) is 23.7 Å². The maximum Gasteiger partial charge on any atom is 0.244 e. The zero-order chi connectivity index (χ0) is 26.3. The molecule has 0 spiro atoms. The third-order valence-electron chi connectivity index (χ3n) is 5.78. The van der Waals surface area contributed by atoms with Crippen molar-refractivity contribution < 1.29 is 18.0 Å². The highest BCUT2D eigenvalue weighted by molar-refractivity contribution is 9.10. The molecule has 9 heteroatoms. The van der Waals surface area contributed by atoms with Crippen LogP contribution in [0.3, 0.4) is 0 Å². The Morgan fingerprint density at radius 2 is 1.71 bits per heavy atom. The van der Waals surface area contributed by atoms with Crippen LogP contribution in [0.15, 0.2) is 46.9 Å². The Morgan fingerprint density at radius 3 is 2.26 bits per heavy atom. The summed E-state index contributed by atoms with van der Waals surface area (Å²) in [6.45, 7) is 9.95. The molecule has 7 nitrogen and oxygen atoms in total. The van der Waals surface area contributed by atoms with Crippen molar-refractivity contribution in [2.45, 2.75) is 53.6 Å². The molecule has 35 heavy (non-hydrogen) atoms. The van der Waals surface area contributed by atoms with Gasteiger partial charge in [0, 0.05) is 17.6 Å². The Kier molecular flexibility index (Phi) is 10.3. The van der Waals surface area contributed by atoms with Crippen LogP contribution in [0.5, 0.6) is 0 Å². The van der Waals surface area contributed by atoms with Crippen LogP contribution >= 0.6 is 15.9 Å². The average molecular weight is 567 g/mol. The molecule has 2 amide bonds. The third-order valence-corrected chi connectivity index (χ3v) is 7.81. The fraction of sp³-hybridized carbons (Fsp3) is 0.462. The zero-order valence-electron chi connectivity index (χ0n) is 21.3. The lowest BCUT2D eigenvalue weighted by Crippen LogP contribution is -2.52. The van der Waals surface area contributed by atoms with E-state index in [1.807, 2.05) is 58.9 Å². The average Bonchev–Trinajstić information content (AvgIpc) is 2.78. The normalized spacial score (nSPS) is 12.3. The van der Waals surface area contributed by atoms with E-state index in [9.17, 15) is 18.0 Å². The molecule has 0 aliphatic carbocycles. The number of hydrogen-bond donors (Lipinski definition) is 1. The van der Waals surface area contributed by atoms with Crippen LogP contribution in [0.2, 0.25) is 0 Å². The van der Waals surface area contributed by atoms with Gasteiger partial charge < -0.3 is 10.2 Å². The predicted octanol–water partition coefficient (Wildman–Crippen LogP) is 4.41. The first kappa shape index (κ1) is 28.8. The number of halogens is 1. The molecule has 0 saturated heterocycles. The van der Waals surface area contributed by atoms with Gasteiger partial charge in [0.25, 0.3) is 0 Å². The van der Waals surface area contributed by atoms with Crippen molar-refractivity contribution in [3.8, 4) is 0 Å². The highest BCUT2D eigenvalue weighted by Crippen LogP contribution is 2.25. The number of carbonyl (C=O) groups is 2. The summed E-state index contributed by atoms with van der Waals surface area (Å²) in [4.78, 5) is 28.3. The summed E-state index contributed by atoms with van der Waals surface area (Å²) in [5, 5.41) is 2.93. The van der Waals surface area contributed by atoms with E-state index < -0.39 is 28.5 Å². The quantitative estimate of drug-likeness (QED) is 0.437. The molecule has 0 radical (unpaired) electrons. The van der Waals surface area contributed by atoms with Crippen LogP contribution in [0.1, 0.15) is 43.9 Å². The first-order chi connectivity index (χ1) is 16.3. The van der Waals surface area contributed by atoms with E-state index in [4.69, 9.17) is 0 Å². The Balaban J connectivity index is 2.45. The number of sulfonamides is 1. The first-order valence-corrected chi connectivity index (χ1v) is 14.3. The van der Waals surface area contributed by atoms with Crippen LogP contribution in [0.25, 0.3) is 0 Å². The van der Waals surface area contributed by atoms with Gasteiger partial charge in [-0.1, -0.05) is 61.0 Å². The summed E-state index contributed by atoms with van der Waals surface area (Å²) in [6.07, 6.45) is 1.48. The number of anilines is 1. The largest absolute Gasteiger partial charge is 0.354 e. The van der Waals surface area contributed by atoms with Crippen LogP contribution in [-0.4, -0.2) is 50.5 Å². The second-order valence-corrected chi connectivity index (χ2v) is 12.0. The SMILES string of the molecule is CC[C@H](C(=O)NCC(C)C)N(Cc1ccccc1C)C(=O)CN(c1ccc(Br)c(C)c1)S(C)(=O)=O. The molecule has 2 rings (SSSR count). The van der Waals surface area contributed by atoms with Crippen LogP contribution in [-0.2, 0) is 26.2 Å². The van der Waals surface area contributed by atoms with E-state index in [0.29, 0.717) is 18.7 Å². The maximum absolute atomic E-state index is 13.7. The molecule has 0 aliphatic rings. The molecular formula is C26H36BrN3O4S. The molecule has 0 heterocycles. The van der Waals surface area contributed by atoms with E-state index in [-0.39, 0.29) is 18.4 Å². The highest BCUT2D eigenvalue weighted by atomic mass is 79.9. The lowest BCUT2D eigenvalue weighted by molar-refractivity contribution is -0.140. The van der Waals surface area contributed by atoms with Crippen LogP contribution in [0, 0.1) is 19.8 Å². The van der Waals surface area contributed by atoms with Crippen molar-refractivity contribution in [2.24, 2.45) is 5.92 Å². The van der Waals surface area contributed by atoms with Gasteiger partial charge >= 0.3 is 0 Å². The number of hydrogen-bond acceptors (Lipinski definition) is 4. The summed E-state index contributed by atoms with van der Waals surface area (Å²) in [6, 6.07) is 12.1. The Hall–Kier alpha value is -2.39. The molecule has 0 fully saturated rings. The Bertz CT molecular complexity index is 1150. The van der Waals surface area contributed by atoms with Gasteiger partial charge in [-0.15, -0.1) is 0 Å². The third kappa shape index (κ3) is 8.07. The number of amides is 2. The van der Waals surface area contributed by atoms with E-state index in [2.05, 4.69) is 21.2 Å². The summed E-state index contributed by atoms with van der Waals surface area (Å²) in [7, 11) is -3.76. The monoisotopic (exact) mass is 565 g/mol. The Morgan fingerprint density at radius 1 is 1.06 bits per heavy atom. The molecule has 0 saturated carbocycles. The maximum atomic E-state index is 13.7. The van der Waals surface area contributed by atoms with Crippen molar-refractivity contribution in [1.82, 2.24) is 10.2 Å². The van der Waals surface area contributed by atoms with E-state index in [1.165, 1.54) is 4.90 Å². The lowest BCUT2D eigenvalue weighted by Gasteiger charge is -2.33. The van der Waals surface area contributed by atoms with Gasteiger partial charge in [0.05, 0.1) is 11.9 Å². The van der Waals surface area contributed by atoms with Gasteiger partial charge in [0.1, 0.15) is 12.6 Å². The highest BCUT2D eigenvalue weighted by Gasteiger charge is 2.32. The number of rotatable bonds is 11. The molecule has 1 N–H and O–H groups in total. The minimum absolute atomic E-state index is 0.204. The molecule has 0 aliphatic heterocycles. The van der Waals surface area contributed by atoms with Crippen molar-refractivity contribution in [1.29, 1.82) is 0 Å². The summed E-state index contributed by atoms with van der Waals surface area (Å²) in [5.74, 6) is -0.419. The van der Waals surface area contributed by atoms with Gasteiger partial charge in [-0.05, 0) is 61.1 Å².